The van der Waals surface area contributed by atoms with Crippen molar-refractivity contribution in [3.05, 3.63) is 47.3 Å². The van der Waals surface area contributed by atoms with Crippen LogP contribution in [-0.4, -0.2) is 23.9 Å². The van der Waals surface area contributed by atoms with Gasteiger partial charge in [0.1, 0.15) is 5.82 Å². The summed E-state index contributed by atoms with van der Waals surface area (Å²) in [4.78, 5) is 13.3. The summed E-state index contributed by atoms with van der Waals surface area (Å²) in [7, 11) is 0. The van der Waals surface area contributed by atoms with E-state index in [1.165, 1.54) is 4.90 Å². The summed E-state index contributed by atoms with van der Waals surface area (Å²) < 4.78 is 51.4. The Kier molecular flexibility index (Phi) is 4.92. The van der Waals surface area contributed by atoms with Crippen LogP contribution in [0.5, 0.6) is 0 Å². The number of rotatable bonds is 4. The Morgan fingerprint density at radius 2 is 1.95 bits per heavy atom. The summed E-state index contributed by atoms with van der Waals surface area (Å²) >= 11 is 0. The van der Waals surface area contributed by atoms with Crippen LogP contribution in [0.25, 0.3) is 0 Å². The monoisotopic (exact) mass is 289 g/mol. The van der Waals surface area contributed by atoms with Gasteiger partial charge in [-0.25, -0.2) is 4.39 Å². The van der Waals surface area contributed by atoms with Crippen molar-refractivity contribution >= 4 is 5.91 Å². The molecule has 0 radical (unpaired) electrons. The summed E-state index contributed by atoms with van der Waals surface area (Å²) in [5.41, 5.74) is -0.968. The van der Waals surface area contributed by atoms with E-state index in [1.807, 2.05) is 0 Å². The van der Waals surface area contributed by atoms with E-state index in [9.17, 15) is 22.4 Å². The number of carbonyl (C=O) groups excluding carboxylic acids is 1. The quantitative estimate of drug-likeness (QED) is 0.608. The van der Waals surface area contributed by atoms with Crippen molar-refractivity contribution in [2.45, 2.75) is 20.0 Å². The number of benzene rings is 1. The largest absolute Gasteiger partial charge is 0.416 e. The first-order chi connectivity index (χ1) is 9.16. The average Bonchev–Trinajstić information content (AvgIpc) is 2.34. The van der Waals surface area contributed by atoms with E-state index in [0.717, 1.165) is 0 Å². The maximum absolute atomic E-state index is 13.6. The van der Waals surface area contributed by atoms with Gasteiger partial charge in [-0.1, -0.05) is 12.2 Å². The Morgan fingerprint density at radius 1 is 1.35 bits per heavy atom. The number of alkyl halides is 3. The standard InChI is InChI=1S/C14H15F4NO/c1-4-19(8-9(2)3)13(20)11-7-10(14(16,17)18)5-6-12(11)15/h5-7H,2,4,8H2,1,3H3. The molecule has 6 heteroatoms. The van der Waals surface area contributed by atoms with E-state index < -0.39 is 29.0 Å². The molecule has 0 unspecified atom stereocenters. The van der Waals surface area contributed by atoms with E-state index >= 15 is 0 Å². The molecule has 2 nitrogen and oxygen atoms in total. The van der Waals surface area contributed by atoms with Crippen LogP contribution in [0.3, 0.4) is 0 Å². The van der Waals surface area contributed by atoms with Gasteiger partial charge >= 0.3 is 6.18 Å². The fourth-order valence-corrected chi connectivity index (χ4v) is 1.69. The minimum Gasteiger partial charge on any atom is -0.335 e. The van der Waals surface area contributed by atoms with Crippen LogP contribution < -0.4 is 0 Å². The third-order valence-electron chi connectivity index (χ3n) is 2.65. The summed E-state index contributed by atoms with van der Waals surface area (Å²) in [6.07, 6.45) is -4.62. The molecule has 110 valence electrons. The third kappa shape index (κ3) is 3.82. The van der Waals surface area contributed by atoms with Gasteiger partial charge in [0, 0.05) is 13.1 Å². The molecule has 0 saturated heterocycles. The lowest BCUT2D eigenvalue weighted by atomic mass is 10.1. The van der Waals surface area contributed by atoms with Crippen molar-refractivity contribution in [2.24, 2.45) is 0 Å². The fourth-order valence-electron chi connectivity index (χ4n) is 1.69. The molecule has 0 spiro atoms. The maximum Gasteiger partial charge on any atom is 0.416 e. The Balaban J connectivity index is 3.17. The first-order valence-corrected chi connectivity index (χ1v) is 5.97. The second-order valence-corrected chi connectivity index (χ2v) is 4.47. The van der Waals surface area contributed by atoms with E-state index in [1.54, 1.807) is 13.8 Å². The number of hydrogen-bond acceptors (Lipinski definition) is 1. The topological polar surface area (TPSA) is 20.3 Å². The van der Waals surface area contributed by atoms with Gasteiger partial charge in [0.25, 0.3) is 5.91 Å². The van der Waals surface area contributed by atoms with Crippen molar-refractivity contribution < 1.29 is 22.4 Å². The minimum absolute atomic E-state index is 0.172. The number of nitrogens with zero attached hydrogens (tertiary/aromatic N) is 1. The zero-order chi connectivity index (χ0) is 15.5. The van der Waals surface area contributed by atoms with Crippen molar-refractivity contribution in [2.75, 3.05) is 13.1 Å². The first kappa shape index (κ1) is 16.2. The lowest BCUT2D eigenvalue weighted by Crippen LogP contribution is -2.33. The Labute approximate surface area is 114 Å². The van der Waals surface area contributed by atoms with Gasteiger partial charge in [-0.3, -0.25) is 4.79 Å². The predicted octanol–water partition coefficient (Wildman–Crippen LogP) is 3.88. The second-order valence-electron chi connectivity index (χ2n) is 4.47. The fraction of sp³-hybridized carbons (Fsp3) is 0.357. The first-order valence-electron chi connectivity index (χ1n) is 5.97. The molecule has 0 aromatic heterocycles. The molecule has 0 fully saturated rings. The summed E-state index contributed by atoms with van der Waals surface area (Å²) in [6.45, 7) is 7.39. The average molecular weight is 289 g/mol. The molecule has 0 aliphatic heterocycles. The molecule has 1 amide bonds. The van der Waals surface area contributed by atoms with Crippen LogP contribution in [0.2, 0.25) is 0 Å². The van der Waals surface area contributed by atoms with Crippen molar-refractivity contribution in [3.8, 4) is 0 Å². The van der Waals surface area contributed by atoms with E-state index in [2.05, 4.69) is 6.58 Å². The van der Waals surface area contributed by atoms with Gasteiger partial charge in [0.2, 0.25) is 0 Å². The van der Waals surface area contributed by atoms with Crippen LogP contribution in [0, 0.1) is 5.82 Å². The molecule has 0 N–H and O–H groups in total. The van der Waals surface area contributed by atoms with Crippen molar-refractivity contribution in [1.82, 2.24) is 4.90 Å². The van der Waals surface area contributed by atoms with Crippen LogP contribution in [-0.2, 0) is 6.18 Å². The summed E-state index contributed by atoms with van der Waals surface area (Å²) in [5.74, 6) is -1.75. The Hall–Kier alpha value is -1.85. The molecule has 0 saturated carbocycles. The molecule has 0 bridgehead atoms. The van der Waals surface area contributed by atoms with Gasteiger partial charge in [0.05, 0.1) is 11.1 Å². The molecule has 1 aromatic carbocycles. The predicted molar refractivity (Wildman–Crippen MR) is 67.8 cm³/mol. The SMILES string of the molecule is C=C(C)CN(CC)C(=O)c1cc(C(F)(F)F)ccc1F. The van der Waals surface area contributed by atoms with Crippen LogP contribution in [0.4, 0.5) is 17.6 Å². The van der Waals surface area contributed by atoms with Crippen molar-refractivity contribution in [1.29, 1.82) is 0 Å². The minimum atomic E-state index is -4.62. The number of amides is 1. The van der Waals surface area contributed by atoms with Crippen LogP contribution in [0.1, 0.15) is 29.8 Å². The molecule has 0 atom stereocenters. The molecule has 0 aliphatic carbocycles. The van der Waals surface area contributed by atoms with Crippen LogP contribution in [0.15, 0.2) is 30.4 Å². The van der Waals surface area contributed by atoms with E-state index in [0.29, 0.717) is 23.8 Å². The molecule has 1 aromatic rings. The number of halogens is 4. The molecular weight excluding hydrogens is 274 g/mol. The van der Waals surface area contributed by atoms with Gasteiger partial charge in [-0.2, -0.15) is 13.2 Å². The normalized spacial score (nSPS) is 11.3. The number of likely N-dealkylation sites (N-methyl/N-ethyl adjacent to an activating group) is 1. The zero-order valence-electron chi connectivity index (χ0n) is 11.2. The van der Waals surface area contributed by atoms with Gasteiger partial charge in [-0.05, 0) is 32.0 Å². The highest BCUT2D eigenvalue weighted by atomic mass is 19.4. The Bertz CT molecular complexity index is 522. The smallest absolute Gasteiger partial charge is 0.335 e. The summed E-state index contributed by atoms with van der Waals surface area (Å²) in [6, 6.07) is 1.81. The highest BCUT2D eigenvalue weighted by Crippen LogP contribution is 2.30. The van der Waals surface area contributed by atoms with E-state index in [4.69, 9.17) is 0 Å². The molecule has 0 heterocycles. The lowest BCUT2D eigenvalue weighted by molar-refractivity contribution is -0.137. The highest BCUT2D eigenvalue weighted by molar-refractivity contribution is 5.94. The number of hydrogen-bond donors (Lipinski definition) is 0. The Morgan fingerprint density at radius 3 is 2.40 bits per heavy atom. The van der Waals surface area contributed by atoms with Crippen LogP contribution >= 0.6 is 0 Å². The van der Waals surface area contributed by atoms with Gasteiger partial charge in [-0.15, -0.1) is 0 Å². The third-order valence-corrected chi connectivity index (χ3v) is 2.65. The zero-order valence-corrected chi connectivity index (χ0v) is 11.2. The number of carbonyl (C=O) groups is 1. The maximum atomic E-state index is 13.6. The second kappa shape index (κ2) is 6.07. The molecular formula is C14H15F4NO. The highest BCUT2D eigenvalue weighted by Gasteiger charge is 2.32. The lowest BCUT2D eigenvalue weighted by Gasteiger charge is -2.21. The molecule has 0 aliphatic rings. The van der Waals surface area contributed by atoms with Crippen molar-refractivity contribution in [3.63, 3.8) is 0 Å². The van der Waals surface area contributed by atoms with Gasteiger partial charge in [0.15, 0.2) is 0 Å². The van der Waals surface area contributed by atoms with E-state index in [-0.39, 0.29) is 13.1 Å². The van der Waals surface area contributed by atoms with Gasteiger partial charge < -0.3 is 4.90 Å². The molecule has 20 heavy (non-hydrogen) atoms. The molecule has 1 rings (SSSR count). The summed E-state index contributed by atoms with van der Waals surface area (Å²) in [5, 5.41) is 0.